The molecule has 0 aliphatic heterocycles. The zero-order chi connectivity index (χ0) is 12.1. The fourth-order valence-corrected chi connectivity index (χ4v) is 1.44. The summed E-state index contributed by atoms with van der Waals surface area (Å²) in [5, 5.41) is 2.15. The zero-order valence-corrected chi connectivity index (χ0v) is 9.66. The average Bonchev–Trinajstić information content (AvgIpc) is 2.16. The lowest BCUT2D eigenvalue weighted by Gasteiger charge is -2.05. The van der Waals surface area contributed by atoms with E-state index < -0.39 is 12.0 Å². The number of hydrogen-bond donors (Lipinski definition) is 1. The van der Waals surface area contributed by atoms with Crippen LogP contribution in [0, 0.1) is 13.8 Å². The molecule has 1 rings (SSSR count). The Hall–Kier alpha value is -1.84. The second kappa shape index (κ2) is 5.30. The summed E-state index contributed by atoms with van der Waals surface area (Å²) < 4.78 is 4.62. The van der Waals surface area contributed by atoms with Gasteiger partial charge in [0, 0.05) is 5.56 Å². The predicted molar refractivity (Wildman–Crippen MR) is 60.4 cm³/mol. The van der Waals surface area contributed by atoms with E-state index in [2.05, 4.69) is 10.1 Å². The van der Waals surface area contributed by atoms with Crippen molar-refractivity contribution in [3.8, 4) is 0 Å². The Labute approximate surface area is 94.6 Å². The van der Waals surface area contributed by atoms with E-state index in [4.69, 9.17) is 0 Å². The van der Waals surface area contributed by atoms with Crippen molar-refractivity contribution in [1.29, 1.82) is 0 Å². The number of nitrogens with one attached hydrogen (secondary N) is 1. The molecular weight excluding hydrogens is 206 g/mol. The summed E-state index contributed by atoms with van der Waals surface area (Å²) in [6.07, 6.45) is -0.716. The number of ether oxygens (including phenoxy) is 1. The predicted octanol–water partition coefficient (Wildman–Crippen LogP) is 2.19. The SMILES string of the molecule is CCOC(=O)NC(=O)c1cc(C)cc(C)c1. The molecule has 0 aliphatic carbocycles. The van der Waals surface area contributed by atoms with Crippen LogP contribution in [0.2, 0.25) is 0 Å². The maximum absolute atomic E-state index is 11.6. The summed E-state index contributed by atoms with van der Waals surface area (Å²) in [6.45, 7) is 5.72. The minimum atomic E-state index is -0.716. The molecule has 4 heteroatoms. The van der Waals surface area contributed by atoms with Crippen LogP contribution >= 0.6 is 0 Å². The van der Waals surface area contributed by atoms with Gasteiger partial charge in [0.15, 0.2) is 0 Å². The van der Waals surface area contributed by atoms with Gasteiger partial charge in [0.2, 0.25) is 0 Å². The van der Waals surface area contributed by atoms with Crippen molar-refractivity contribution >= 4 is 12.0 Å². The molecule has 0 fully saturated rings. The van der Waals surface area contributed by atoms with Crippen LogP contribution < -0.4 is 5.32 Å². The lowest BCUT2D eigenvalue weighted by atomic mass is 10.1. The van der Waals surface area contributed by atoms with Crippen LogP contribution in [0.15, 0.2) is 18.2 Å². The van der Waals surface area contributed by atoms with Crippen molar-refractivity contribution in [2.24, 2.45) is 0 Å². The van der Waals surface area contributed by atoms with Crippen molar-refractivity contribution in [2.75, 3.05) is 6.61 Å². The first kappa shape index (κ1) is 12.2. The Morgan fingerprint density at radius 2 is 1.75 bits per heavy atom. The summed E-state index contributed by atoms with van der Waals surface area (Å²) in [4.78, 5) is 22.7. The summed E-state index contributed by atoms with van der Waals surface area (Å²) in [5.41, 5.74) is 2.42. The zero-order valence-electron chi connectivity index (χ0n) is 9.66. The Kier molecular flexibility index (Phi) is 4.05. The molecule has 0 saturated heterocycles. The normalized spacial score (nSPS) is 9.69. The van der Waals surface area contributed by atoms with Gasteiger partial charge in [-0.1, -0.05) is 17.2 Å². The number of rotatable bonds is 2. The maximum atomic E-state index is 11.6. The molecule has 4 nitrogen and oxygen atoms in total. The van der Waals surface area contributed by atoms with Gasteiger partial charge in [-0.3, -0.25) is 10.1 Å². The molecule has 0 spiro atoms. The third-order valence-corrected chi connectivity index (χ3v) is 1.97. The molecule has 0 bridgehead atoms. The molecule has 1 N–H and O–H groups in total. The number of imide groups is 1. The summed E-state index contributed by atoms with van der Waals surface area (Å²) in [5.74, 6) is -0.440. The van der Waals surface area contributed by atoms with E-state index in [-0.39, 0.29) is 6.61 Å². The van der Waals surface area contributed by atoms with E-state index in [0.29, 0.717) is 5.56 Å². The molecule has 0 heterocycles. The average molecular weight is 221 g/mol. The Morgan fingerprint density at radius 3 is 2.25 bits per heavy atom. The first-order valence-corrected chi connectivity index (χ1v) is 5.09. The number of carbonyl (C=O) groups excluding carboxylic acids is 2. The van der Waals surface area contributed by atoms with Gasteiger partial charge < -0.3 is 4.74 Å². The first-order valence-electron chi connectivity index (χ1n) is 5.09. The van der Waals surface area contributed by atoms with Crippen molar-refractivity contribution in [3.63, 3.8) is 0 Å². The largest absolute Gasteiger partial charge is 0.450 e. The molecule has 16 heavy (non-hydrogen) atoms. The molecule has 0 atom stereocenters. The van der Waals surface area contributed by atoms with E-state index in [0.717, 1.165) is 11.1 Å². The van der Waals surface area contributed by atoms with Crippen LogP contribution in [0.4, 0.5) is 4.79 Å². The molecule has 86 valence electrons. The number of hydrogen-bond acceptors (Lipinski definition) is 3. The van der Waals surface area contributed by atoms with Crippen LogP contribution in [0.25, 0.3) is 0 Å². The fraction of sp³-hybridized carbons (Fsp3) is 0.333. The van der Waals surface area contributed by atoms with Crippen molar-refractivity contribution in [3.05, 3.63) is 34.9 Å². The topological polar surface area (TPSA) is 55.4 Å². The number of benzene rings is 1. The monoisotopic (exact) mass is 221 g/mol. The van der Waals surface area contributed by atoms with E-state index >= 15 is 0 Å². The number of aryl methyl sites for hydroxylation is 2. The van der Waals surface area contributed by atoms with Gasteiger partial charge in [-0.2, -0.15) is 0 Å². The number of carbonyl (C=O) groups is 2. The quantitative estimate of drug-likeness (QED) is 0.832. The van der Waals surface area contributed by atoms with Crippen LogP contribution in [-0.4, -0.2) is 18.6 Å². The van der Waals surface area contributed by atoms with Crippen LogP contribution in [0.5, 0.6) is 0 Å². The van der Waals surface area contributed by atoms with E-state index in [1.54, 1.807) is 19.1 Å². The van der Waals surface area contributed by atoms with Crippen LogP contribution in [0.1, 0.15) is 28.4 Å². The molecule has 1 aromatic rings. The van der Waals surface area contributed by atoms with Crippen molar-refractivity contribution < 1.29 is 14.3 Å². The van der Waals surface area contributed by atoms with Gasteiger partial charge >= 0.3 is 6.09 Å². The highest BCUT2D eigenvalue weighted by molar-refractivity contribution is 6.03. The van der Waals surface area contributed by atoms with Gasteiger partial charge in [-0.05, 0) is 32.9 Å². The number of alkyl carbamates (subject to hydrolysis) is 1. The van der Waals surface area contributed by atoms with Gasteiger partial charge in [-0.15, -0.1) is 0 Å². The van der Waals surface area contributed by atoms with E-state index in [9.17, 15) is 9.59 Å². The Bertz CT molecular complexity index is 392. The highest BCUT2D eigenvalue weighted by Crippen LogP contribution is 2.08. The van der Waals surface area contributed by atoms with E-state index in [1.807, 2.05) is 19.9 Å². The van der Waals surface area contributed by atoms with Gasteiger partial charge in [0.25, 0.3) is 5.91 Å². The minimum absolute atomic E-state index is 0.242. The van der Waals surface area contributed by atoms with Crippen molar-refractivity contribution in [1.82, 2.24) is 5.32 Å². The highest BCUT2D eigenvalue weighted by atomic mass is 16.5. The lowest BCUT2D eigenvalue weighted by Crippen LogP contribution is -2.31. The van der Waals surface area contributed by atoms with Crippen LogP contribution in [-0.2, 0) is 4.74 Å². The standard InChI is InChI=1S/C12H15NO3/c1-4-16-12(15)13-11(14)10-6-8(2)5-9(3)7-10/h5-7H,4H2,1-3H3,(H,13,14,15). The second-order valence-electron chi connectivity index (χ2n) is 3.55. The highest BCUT2D eigenvalue weighted by Gasteiger charge is 2.11. The third-order valence-electron chi connectivity index (χ3n) is 1.97. The van der Waals surface area contributed by atoms with Gasteiger partial charge in [0.05, 0.1) is 6.61 Å². The van der Waals surface area contributed by atoms with E-state index in [1.165, 1.54) is 0 Å². The summed E-state index contributed by atoms with van der Waals surface area (Å²) >= 11 is 0. The van der Waals surface area contributed by atoms with Gasteiger partial charge in [0.1, 0.15) is 0 Å². The molecule has 0 saturated carbocycles. The van der Waals surface area contributed by atoms with Crippen LogP contribution in [0.3, 0.4) is 0 Å². The summed E-state index contributed by atoms with van der Waals surface area (Å²) in [6, 6.07) is 5.41. The third kappa shape index (κ3) is 3.38. The number of amides is 2. The smallest absolute Gasteiger partial charge is 0.414 e. The van der Waals surface area contributed by atoms with Gasteiger partial charge in [-0.25, -0.2) is 4.79 Å². The Morgan fingerprint density at radius 1 is 1.19 bits per heavy atom. The molecular formula is C12H15NO3. The van der Waals surface area contributed by atoms with Crippen molar-refractivity contribution in [2.45, 2.75) is 20.8 Å². The minimum Gasteiger partial charge on any atom is -0.450 e. The lowest BCUT2D eigenvalue weighted by molar-refractivity contribution is 0.0925. The molecule has 0 aliphatic rings. The molecule has 2 amide bonds. The Balaban J connectivity index is 2.76. The molecule has 0 aromatic heterocycles. The summed E-state index contributed by atoms with van der Waals surface area (Å²) in [7, 11) is 0. The molecule has 0 radical (unpaired) electrons. The molecule has 1 aromatic carbocycles. The molecule has 0 unspecified atom stereocenters. The fourth-order valence-electron chi connectivity index (χ4n) is 1.44. The second-order valence-corrected chi connectivity index (χ2v) is 3.55. The maximum Gasteiger partial charge on any atom is 0.414 e. The first-order chi connectivity index (χ1) is 7.52.